The molecule has 0 N–H and O–H groups in total. The molecular formula is C13H15F11O5. The monoisotopic (exact) mass is 460 g/mol. The molecule has 2 aliphatic rings. The summed E-state index contributed by atoms with van der Waals surface area (Å²) in [6.07, 6.45) is -14.8. The van der Waals surface area contributed by atoms with Crippen LogP contribution in [0.4, 0.5) is 48.3 Å². The molecule has 0 aliphatic carbocycles. The van der Waals surface area contributed by atoms with Crippen LogP contribution >= 0.6 is 0 Å². The molecule has 174 valence electrons. The van der Waals surface area contributed by atoms with Crippen molar-refractivity contribution >= 4 is 0 Å². The fraction of sp³-hybridized carbons (Fsp3) is 1.00. The highest BCUT2D eigenvalue weighted by molar-refractivity contribution is 4.93. The first kappa shape index (κ1) is 26.1. The molecule has 4 atom stereocenters. The summed E-state index contributed by atoms with van der Waals surface area (Å²) in [6.45, 7) is 2.23. The number of ether oxygens (including phenoxy) is 5. The summed E-state index contributed by atoms with van der Waals surface area (Å²) in [6, 6.07) is 0. The van der Waals surface area contributed by atoms with Crippen molar-refractivity contribution in [1.29, 1.82) is 0 Å². The summed E-state index contributed by atoms with van der Waals surface area (Å²) in [7, 11) is 0. The lowest BCUT2D eigenvalue weighted by Crippen LogP contribution is -2.49. The number of hydrogen-bond donors (Lipinski definition) is 0. The summed E-state index contributed by atoms with van der Waals surface area (Å²) in [5.74, 6) is -16.2. The van der Waals surface area contributed by atoms with Gasteiger partial charge in [0, 0.05) is 20.8 Å². The van der Waals surface area contributed by atoms with Crippen molar-refractivity contribution in [2.75, 3.05) is 0 Å². The van der Waals surface area contributed by atoms with Crippen molar-refractivity contribution in [3.8, 4) is 0 Å². The van der Waals surface area contributed by atoms with Crippen LogP contribution in [-0.2, 0) is 23.7 Å². The van der Waals surface area contributed by atoms with Gasteiger partial charge in [0.05, 0.1) is 0 Å². The largest absolute Gasteiger partial charge is 0.525 e. The molecule has 4 unspecified atom stereocenters. The SMILES string of the molecule is CC1(F)OC(C)(C(F)(F)F)OC1(C)F.CC1(F)OC(F)(F)OC1(C)OC(F)(F)F. The fourth-order valence-electron chi connectivity index (χ4n) is 2.04. The molecule has 5 nitrogen and oxygen atoms in total. The van der Waals surface area contributed by atoms with Crippen molar-refractivity contribution in [2.24, 2.45) is 0 Å². The van der Waals surface area contributed by atoms with E-state index in [0.29, 0.717) is 34.6 Å². The third kappa shape index (κ3) is 5.39. The van der Waals surface area contributed by atoms with Crippen LogP contribution in [0.15, 0.2) is 0 Å². The molecule has 0 radical (unpaired) electrons. The molecule has 0 amide bonds. The van der Waals surface area contributed by atoms with E-state index < -0.39 is 48.0 Å². The Morgan fingerprint density at radius 2 is 0.966 bits per heavy atom. The highest BCUT2D eigenvalue weighted by atomic mass is 19.4. The Hall–Kier alpha value is -0.970. The van der Waals surface area contributed by atoms with Crippen LogP contribution in [0.2, 0.25) is 0 Å². The summed E-state index contributed by atoms with van der Waals surface area (Å²) < 4.78 is 154. The number of rotatable bonds is 1. The van der Waals surface area contributed by atoms with Gasteiger partial charge in [-0.15, -0.1) is 22.0 Å². The molecule has 2 saturated heterocycles. The Morgan fingerprint density at radius 3 is 1.17 bits per heavy atom. The number of halogens is 11. The molecule has 0 saturated carbocycles. The minimum atomic E-state index is -5.33. The Balaban J connectivity index is 0.000000291. The minimum absolute atomic E-state index is 0.347. The van der Waals surface area contributed by atoms with E-state index >= 15 is 0 Å². The predicted molar refractivity (Wildman–Crippen MR) is 67.8 cm³/mol. The zero-order valence-electron chi connectivity index (χ0n) is 15.2. The second kappa shape index (κ2) is 6.77. The zero-order valence-corrected chi connectivity index (χ0v) is 15.2. The van der Waals surface area contributed by atoms with Gasteiger partial charge < -0.3 is 9.47 Å². The first-order valence-corrected chi connectivity index (χ1v) is 7.37. The molecule has 0 aromatic heterocycles. The smallest absolute Gasteiger partial charge is 0.300 e. The van der Waals surface area contributed by atoms with Crippen molar-refractivity contribution in [2.45, 2.75) is 82.6 Å². The van der Waals surface area contributed by atoms with Gasteiger partial charge in [0.15, 0.2) is 0 Å². The van der Waals surface area contributed by atoms with E-state index in [1.807, 2.05) is 0 Å². The Morgan fingerprint density at radius 1 is 0.586 bits per heavy atom. The van der Waals surface area contributed by atoms with E-state index in [9.17, 15) is 48.3 Å². The van der Waals surface area contributed by atoms with Crippen molar-refractivity contribution in [3.05, 3.63) is 0 Å². The molecule has 2 heterocycles. The normalized spacial score (nSPS) is 45.1. The van der Waals surface area contributed by atoms with Crippen LogP contribution in [0.3, 0.4) is 0 Å². The van der Waals surface area contributed by atoms with Gasteiger partial charge in [0.25, 0.3) is 23.4 Å². The van der Waals surface area contributed by atoms with Gasteiger partial charge in [0.2, 0.25) is 5.79 Å². The molecule has 0 aromatic carbocycles. The van der Waals surface area contributed by atoms with Gasteiger partial charge in [-0.3, -0.25) is 14.2 Å². The summed E-state index contributed by atoms with van der Waals surface area (Å²) in [4.78, 5) is 0. The zero-order chi connectivity index (χ0) is 23.5. The fourth-order valence-corrected chi connectivity index (χ4v) is 2.04. The second-order valence-electron chi connectivity index (χ2n) is 6.56. The second-order valence-corrected chi connectivity index (χ2v) is 6.56. The molecule has 2 rings (SSSR count). The molecule has 0 bridgehead atoms. The van der Waals surface area contributed by atoms with Crippen molar-refractivity contribution < 1.29 is 72.0 Å². The maximum atomic E-state index is 13.2. The topological polar surface area (TPSA) is 46.2 Å². The Labute approximate surface area is 156 Å². The van der Waals surface area contributed by atoms with E-state index in [0.717, 1.165) is 0 Å². The average Bonchev–Trinajstić information content (AvgIpc) is 2.57. The minimum Gasteiger partial charge on any atom is -0.300 e. The molecule has 2 fully saturated rings. The molecule has 16 heteroatoms. The van der Waals surface area contributed by atoms with Gasteiger partial charge in [-0.1, -0.05) is 0 Å². The quantitative estimate of drug-likeness (QED) is 0.504. The predicted octanol–water partition coefficient (Wildman–Crippen LogP) is 5.20. The van der Waals surface area contributed by atoms with Crippen molar-refractivity contribution in [1.82, 2.24) is 0 Å². The molecule has 2 aliphatic heterocycles. The maximum absolute atomic E-state index is 13.2. The first-order valence-electron chi connectivity index (χ1n) is 7.37. The Kier molecular flexibility index (Phi) is 6.08. The van der Waals surface area contributed by atoms with Crippen LogP contribution < -0.4 is 0 Å². The standard InChI is InChI=1S/C7H9F5O2.C6H6F6O3/c1-4(8)5(2,9)14-6(3,13-4)7(10,11)12;1-3(7)4(2,14-5(8,9)10)15-6(11,12)13-3/h1-3H3;1-2H3. The lowest BCUT2D eigenvalue weighted by Gasteiger charge is -2.30. The number of alkyl halides is 11. The van der Waals surface area contributed by atoms with Crippen LogP contribution in [0.25, 0.3) is 0 Å². The average molecular weight is 460 g/mol. The molecule has 29 heavy (non-hydrogen) atoms. The summed E-state index contributed by atoms with van der Waals surface area (Å²) in [5.41, 5.74) is 0. The highest BCUT2D eigenvalue weighted by Gasteiger charge is 2.71. The lowest BCUT2D eigenvalue weighted by atomic mass is 10.2. The molecular weight excluding hydrogens is 445 g/mol. The summed E-state index contributed by atoms with van der Waals surface area (Å²) in [5, 5.41) is 0. The molecule has 0 aromatic rings. The van der Waals surface area contributed by atoms with Crippen molar-refractivity contribution in [3.63, 3.8) is 0 Å². The van der Waals surface area contributed by atoms with Gasteiger partial charge >= 0.3 is 18.8 Å². The Bertz CT molecular complexity index is 597. The van der Waals surface area contributed by atoms with Gasteiger partial charge in [-0.2, -0.15) is 13.2 Å². The third-order valence-electron chi connectivity index (χ3n) is 3.83. The van der Waals surface area contributed by atoms with Gasteiger partial charge in [-0.25, -0.2) is 13.2 Å². The third-order valence-corrected chi connectivity index (χ3v) is 3.83. The van der Waals surface area contributed by atoms with E-state index in [2.05, 4.69) is 23.7 Å². The van der Waals surface area contributed by atoms with Crippen LogP contribution in [0.5, 0.6) is 0 Å². The van der Waals surface area contributed by atoms with E-state index in [1.54, 1.807) is 0 Å². The highest BCUT2D eigenvalue weighted by Crippen LogP contribution is 2.52. The van der Waals surface area contributed by atoms with E-state index in [4.69, 9.17) is 0 Å². The van der Waals surface area contributed by atoms with E-state index in [-0.39, 0.29) is 0 Å². The van der Waals surface area contributed by atoms with Gasteiger partial charge in [0.1, 0.15) is 0 Å². The van der Waals surface area contributed by atoms with Gasteiger partial charge in [-0.05, 0) is 13.8 Å². The first-order chi connectivity index (χ1) is 12.3. The van der Waals surface area contributed by atoms with Crippen LogP contribution in [0.1, 0.15) is 34.6 Å². The van der Waals surface area contributed by atoms with Crippen LogP contribution in [0, 0.1) is 0 Å². The lowest BCUT2D eigenvalue weighted by molar-refractivity contribution is -0.444. The maximum Gasteiger partial charge on any atom is 0.525 e. The van der Waals surface area contributed by atoms with E-state index in [1.165, 1.54) is 0 Å². The van der Waals surface area contributed by atoms with Crippen LogP contribution in [-0.4, -0.2) is 48.0 Å². The summed E-state index contributed by atoms with van der Waals surface area (Å²) >= 11 is 0. The number of hydrogen-bond acceptors (Lipinski definition) is 5. The molecule has 0 spiro atoms.